The van der Waals surface area contributed by atoms with Gasteiger partial charge in [-0.15, -0.1) is 0 Å². The number of aliphatic hydroxyl groups is 2. The molecule has 0 aromatic heterocycles. The Labute approximate surface area is 78.5 Å². The van der Waals surface area contributed by atoms with Crippen LogP contribution in [0.3, 0.4) is 0 Å². The van der Waals surface area contributed by atoms with E-state index < -0.39 is 29.7 Å². The Balaban J connectivity index is 2.75. The molecule has 1 aliphatic rings. The van der Waals surface area contributed by atoms with Crippen LogP contribution in [0.1, 0.15) is 0 Å². The summed E-state index contributed by atoms with van der Waals surface area (Å²) in [4.78, 5) is 19.3. The number of ether oxygens (including phenoxy) is 1. The van der Waals surface area contributed by atoms with Crippen molar-refractivity contribution >= 4 is 5.97 Å². The van der Waals surface area contributed by atoms with E-state index in [0.717, 1.165) is 0 Å². The first-order chi connectivity index (χ1) is 6.61. The molecule has 0 saturated carbocycles. The third-order valence-corrected chi connectivity index (χ3v) is 1.71. The molecule has 2 atom stereocenters. The highest BCUT2D eigenvalue weighted by molar-refractivity contribution is 5.89. The molecule has 0 radical (unpaired) electrons. The van der Waals surface area contributed by atoms with Gasteiger partial charge in [0.15, 0.2) is 11.9 Å². The maximum absolute atomic E-state index is 10.8. The van der Waals surface area contributed by atoms with Gasteiger partial charge in [0, 0.05) is 0 Å². The Bertz CT molecular complexity index is 265. The summed E-state index contributed by atoms with van der Waals surface area (Å²) in [6.45, 7) is -0.203. The summed E-state index contributed by atoms with van der Waals surface area (Å²) >= 11 is 0. The zero-order valence-electron chi connectivity index (χ0n) is 7.04. The molecule has 0 fully saturated rings. The quantitative estimate of drug-likeness (QED) is 0.318. The van der Waals surface area contributed by atoms with Crippen molar-refractivity contribution in [2.45, 2.75) is 12.2 Å². The second-order valence-corrected chi connectivity index (χ2v) is 2.57. The number of rotatable bonds is 4. The number of nitrogens with two attached hydrogens (primary N) is 2. The predicted molar refractivity (Wildman–Crippen MR) is 41.4 cm³/mol. The van der Waals surface area contributed by atoms with Crippen molar-refractivity contribution in [1.82, 2.24) is 0 Å². The van der Waals surface area contributed by atoms with Crippen LogP contribution in [0.5, 0.6) is 0 Å². The number of hydrogen-bond donors (Lipinski definition) is 4. The van der Waals surface area contributed by atoms with Gasteiger partial charge in [0.05, 0.1) is 0 Å². The monoisotopic (exact) mass is 206 g/mol. The van der Waals surface area contributed by atoms with Crippen molar-refractivity contribution < 1.29 is 29.4 Å². The molecule has 80 valence electrons. The fraction of sp³-hybridized carbons (Fsp3) is 0.500. The standard InChI is InChI=1S/C6H10N2O6/c7-12-1-2(14-8)5-3(9)4(10)6(11)13-5/h2,5,9-10H,1,7-8H2. The highest BCUT2D eigenvalue weighted by Crippen LogP contribution is 2.22. The lowest BCUT2D eigenvalue weighted by Gasteiger charge is -2.18. The molecule has 1 aliphatic heterocycles. The van der Waals surface area contributed by atoms with E-state index in [2.05, 4.69) is 14.4 Å². The largest absolute Gasteiger partial charge is 0.505 e. The van der Waals surface area contributed by atoms with E-state index >= 15 is 0 Å². The van der Waals surface area contributed by atoms with Crippen molar-refractivity contribution in [3.05, 3.63) is 11.5 Å². The molecule has 8 heteroatoms. The minimum Gasteiger partial charge on any atom is -0.505 e. The summed E-state index contributed by atoms with van der Waals surface area (Å²) in [5, 5.41) is 18.1. The van der Waals surface area contributed by atoms with Gasteiger partial charge < -0.3 is 19.8 Å². The Morgan fingerprint density at radius 2 is 2.14 bits per heavy atom. The van der Waals surface area contributed by atoms with Crippen molar-refractivity contribution in [1.29, 1.82) is 0 Å². The van der Waals surface area contributed by atoms with Crippen molar-refractivity contribution in [3.63, 3.8) is 0 Å². The Morgan fingerprint density at radius 1 is 1.50 bits per heavy atom. The molecular formula is C6H10N2O6. The van der Waals surface area contributed by atoms with Crippen LogP contribution < -0.4 is 11.8 Å². The van der Waals surface area contributed by atoms with Gasteiger partial charge in [-0.2, -0.15) is 0 Å². The summed E-state index contributed by atoms with van der Waals surface area (Å²) in [6, 6.07) is 0. The smallest absolute Gasteiger partial charge is 0.377 e. The average molecular weight is 206 g/mol. The van der Waals surface area contributed by atoms with E-state index in [9.17, 15) is 9.90 Å². The Morgan fingerprint density at radius 3 is 2.50 bits per heavy atom. The fourth-order valence-electron chi connectivity index (χ4n) is 1.01. The number of carbonyl (C=O) groups is 1. The first-order valence-electron chi connectivity index (χ1n) is 3.62. The lowest BCUT2D eigenvalue weighted by molar-refractivity contribution is -0.152. The summed E-state index contributed by atoms with van der Waals surface area (Å²) < 4.78 is 4.54. The van der Waals surface area contributed by atoms with Crippen LogP contribution in [-0.2, 0) is 19.2 Å². The highest BCUT2D eigenvalue weighted by Gasteiger charge is 2.40. The van der Waals surface area contributed by atoms with E-state index in [0.29, 0.717) is 0 Å². The molecular weight excluding hydrogens is 196 g/mol. The maximum atomic E-state index is 10.8. The van der Waals surface area contributed by atoms with Gasteiger partial charge in [-0.1, -0.05) is 0 Å². The van der Waals surface area contributed by atoms with E-state index in [1.165, 1.54) is 0 Å². The van der Waals surface area contributed by atoms with Gasteiger partial charge >= 0.3 is 5.97 Å². The highest BCUT2D eigenvalue weighted by atomic mass is 16.7. The van der Waals surface area contributed by atoms with Crippen LogP contribution in [0.15, 0.2) is 11.5 Å². The molecule has 0 spiro atoms. The topological polar surface area (TPSA) is 137 Å². The van der Waals surface area contributed by atoms with Gasteiger partial charge in [-0.25, -0.2) is 16.6 Å². The molecule has 0 aliphatic carbocycles. The number of hydrogen-bond acceptors (Lipinski definition) is 8. The molecule has 0 aromatic rings. The summed E-state index contributed by atoms with van der Waals surface area (Å²) in [5.74, 6) is 7.03. The Kier molecular flexibility index (Phi) is 3.25. The third kappa shape index (κ3) is 1.77. The zero-order chi connectivity index (χ0) is 10.7. The normalized spacial score (nSPS) is 23.9. The van der Waals surface area contributed by atoms with E-state index in [1.807, 2.05) is 0 Å². The lowest BCUT2D eigenvalue weighted by Crippen LogP contribution is -2.38. The second-order valence-electron chi connectivity index (χ2n) is 2.57. The number of esters is 1. The summed E-state index contributed by atoms with van der Waals surface area (Å²) in [6.07, 6.45) is -2.18. The van der Waals surface area contributed by atoms with Crippen molar-refractivity contribution in [3.8, 4) is 0 Å². The van der Waals surface area contributed by atoms with Crippen LogP contribution in [0, 0.1) is 0 Å². The van der Waals surface area contributed by atoms with Gasteiger partial charge in [-0.3, -0.25) is 4.84 Å². The number of cyclic esters (lactones) is 1. The Hall–Kier alpha value is -1.35. The molecule has 2 unspecified atom stereocenters. The SMILES string of the molecule is NOCC(ON)C1OC(=O)C(O)=C1O. The number of aliphatic hydroxyl groups excluding tert-OH is 2. The van der Waals surface area contributed by atoms with Gasteiger partial charge in [0.25, 0.3) is 0 Å². The van der Waals surface area contributed by atoms with Crippen LogP contribution in [0.25, 0.3) is 0 Å². The number of carbonyl (C=O) groups excluding carboxylic acids is 1. The molecule has 0 bridgehead atoms. The second kappa shape index (κ2) is 4.24. The van der Waals surface area contributed by atoms with Gasteiger partial charge in [0.1, 0.15) is 12.7 Å². The predicted octanol–water partition coefficient (Wildman–Crippen LogP) is -1.61. The van der Waals surface area contributed by atoms with E-state index in [-0.39, 0.29) is 6.61 Å². The van der Waals surface area contributed by atoms with Crippen molar-refractivity contribution in [2.24, 2.45) is 11.8 Å². The molecule has 6 N–H and O–H groups in total. The third-order valence-electron chi connectivity index (χ3n) is 1.71. The van der Waals surface area contributed by atoms with E-state index in [4.69, 9.17) is 16.9 Å². The lowest BCUT2D eigenvalue weighted by atomic mass is 10.2. The van der Waals surface area contributed by atoms with Crippen LogP contribution in [0.2, 0.25) is 0 Å². The zero-order valence-corrected chi connectivity index (χ0v) is 7.04. The van der Waals surface area contributed by atoms with Crippen molar-refractivity contribution in [2.75, 3.05) is 6.61 Å². The first kappa shape index (κ1) is 10.7. The molecule has 8 nitrogen and oxygen atoms in total. The molecule has 0 saturated heterocycles. The van der Waals surface area contributed by atoms with Crippen LogP contribution in [0.4, 0.5) is 0 Å². The molecule has 0 amide bonds. The fourth-order valence-corrected chi connectivity index (χ4v) is 1.01. The van der Waals surface area contributed by atoms with Crippen LogP contribution >= 0.6 is 0 Å². The maximum Gasteiger partial charge on any atom is 0.377 e. The molecule has 0 aromatic carbocycles. The molecule has 1 heterocycles. The molecule has 14 heavy (non-hydrogen) atoms. The van der Waals surface area contributed by atoms with Gasteiger partial charge in [-0.05, 0) is 0 Å². The van der Waals surface area contributed by atoms with E-state index in [1.54, 1.807) is 0 Å². The summed E-state index contributed by atoms with van der Waals surface area (Å²) in [5.41, 5.74) is 0. The minimum absolute atomic E-state index is 0.203. The van der Waals surface area contributed by atoms with Crippen LogP contribution in [-0.4, -0.2) is 35.0 Å². The minimum atomic E-state index is -1.20. The molecule has 1 rings (SSSR count). The average Bonchev–Trinajstić information content (AvgIpc) is 2.42. The first-order valence-corrected chi connectivity index (χ1v) is 3.62. The van der Waals surface area contributed by atoms with Gasteiger partial charge in [0.2, 0.25) is 5.76 Å². The summed E-state index contributed by atoms with van der Waals surface area (Å²) in [7, 11) is 0.